The third kappa shape index (κ3) is 13.8. The van der Waals surface area contributed by atoms with E-state index in [1.807, 2.05) is 0 Å². The van der Waals surface area contributed by atoms with E-state index in [4.69, 9.17) is 0 Å². The zero-order valence-electron chi connectivity index (χ0n) is 9.50. The van der Waals surface area contributed by atoms with Gasteiger partial charge in [-0.05, 0) is 6.42 Å². The van der Waals surface area contributed by atoms with E-state index in [2.05, 4.69) is 6.92 Å². The molecule has 0 saturated carbocycles. The van der Waals surface area contributed by atoms with E-state index < -0.39 is 6.30 Å². The molecular weight excluding hydrogens is 203 g/mol. The minimum Gasteiger partial charge on any atom is -0.228 e. The number of rotatable bonds is 9. The zero-order chi connectivity index (χ0) is 11.6. The molecule has 1 nitrogen and oxygen atoms in total. The molecule has 0 amide bonds. The van der Waals surface area contributed by atoms with Gasteiger partial charge in [-0.2, -0.15) is 13.2 Å². The summed E-state index contributed by atoms with van der Waals surface area (Å²) in [4.78, 5) is 0. The van der Waals surface area contributed by atoms with Crippen molar-refractivity contribution in [3.63, 3.8) is 0 Å². The predicted molar refractivity (Wildman–Crippen MR) is 56.7 cm³/mol. The highest BCUT2D eigenvalue weighted by Gasteiger charge is 2.25. The van der Waals surface area contributed by atoms with E-state index in [9.17, 15) is 13.2 Å². The first-order chi connectivity index (χ1) is 7.06. The van der Waals surface area contributed by atoms with Crippen LogP contribution < -0.4 is 5.32 Å². The third-order valence-corrected chi connectivity index (χ3v) is 2.36. The van der Waals surface area contributed by atoms with E-state index in [0.717, 1.165) is 19.3 Å². The molecule has 0 aromatic carbocycles. The lowest BCUT2D eigenvalue weighted by Gasteiger charge is -2.07. The van der Waals surface area contributed by atoms with Crippen LogP contribution in [0.4, 0.5) is 13.2 Å². The van der Waals surface area contributed by atoms with Crippen molar-refractivity contribution in [3.05, 3.63) is 0 Å². The van der Waals surface area contributed by atoms with Crippen molar-refractivity contribution >= 4 is 0 Å². The number of unbranched alkanes of at least 4 members (excludes halogenated alkanes) is 7. The second kappa shape index (κ2) is 9.01. The summed E-state index contributed by atoms with van der Waals surface area (Å²) in [5.41, 5.74) is 0. The maximum absolute atomic E-state index is 11.7. The average molecular weight is 225 g/mol. The summed E-state index contributed by atoms with van der Waals surface area (Å²) in [5.74, 6) is 0. The fourth-order valence-corrected chi connectivity index (χ4v) is 1.49. The molecule has 0 heterocycles. The van der Waals surface area contributed by atoms with E-state index in [0.29, 0.717) is 6.42 Å². The van der Waals surface area contributed by atoms with Crippen molar-refractivity contribution in [2.45, 2.75) is 64.6 Å². The Labute approximate surface area is 90.4 Å². The van der Waals surface area contributed by atoms with Crippen molar-refractivity contribution in [2.75, 3.05) is 6.54 Å². The highest BCUT2D eigenvalue weighted by molar-refractivity contribution is 4.51. The Balaban J connectivity index is 2.99. The number of hydrogen-bond acceptors (Lipinski definition) is 1. The first-order valence-electron chi connectivity index (χ1n) is 5.88. The molecule has 92 valence electrons. The van der Waals surface area contributed by atoms with Gasteiger partial charge in [0.05, 0.1) is 0 Å². The fourth-order valence-electron chi connectivity index (χ4n) is 1.49. The quantitative estimate of drug-likeness (QED) is 0.457. The normalized spacial score (nSPS) is 12.0. The van der Waals surface area contributed by atoms with Crippen LogP contribution >= 0.6 is 0 Å². The Bertz CT molecular complexity index is 134. The number of nitrogens with one attached hydrogen (secondary N) is 1. The molecule has 0 radical (unpaired) electrons. The van der Waals surface area contributed by atoms with Crippen molar-refractivity contribution in [1.82, 2.24) is 5.32 Å². The minimum absolute atomic E-state index is 0.0540. The van der Waals surface area contributed by atoms with Crippen LogP contribution in [0.5, 0.6) is 0 Å². The van der Waals surface area contributed by atoms with Crippen LogP contribution in [0, 0.1) is 0 Å². The zero-order valence-corrected chi connectivity index (χ0v) is 9.50. The summed E-state index contributed by atoms with van der Waals surface area (Å²) in [6.45, 7) is 2.22. The summed E-state index contributed by atoms with van der Waals surface area (Å²) in [6.07, 6.45) is 4.52. The SMILES string of the molecule is CCCCCCCCCCNC(F)(F)F. The first kappa shape index (κ1) is 14.8. The van der Waals surface area contributed by atoms with Crippen LogP contribution in [0.25, 0.3) is 0 Å². The van der Waals surface area contributed by atoms with Gasteiger partial charge in [0, 0.05) is 6.54 Å². The monoisotopic (exact) mass is 225 g/mol. The molecule has 0 aliphatic heterocycles. The molecule has 0 fully saturated rings. The van der Waals surface area contributed by atoms with E-state index in [-0.39, 0.29) is 6.54 Å². The van der Waals surface area contributed by atoms with Gasteiger partial charge < -0.3 is 0 Å². The van der Waals surface area contributed by atoms with Gasteiger partial charge in [0.2, 0.25) is 0 Å². The maximum atomic E-state index is 11.7. The molecule has 0 aliphatic carbocycles. The number of hydrogen-bond donors (Lipinski definition) is 1. The minimum atomic E-state index is -4.21. The molecule has 0 aromatic rings. The predicted octanol–water partition coefficient (Wildman–Crippen LogP) is 4.24. The van der Waals surface area contributed by atoms with E-state index in [1.54, 1.807) is 0 Å². The Morgan fingerprint density at radius 3 is 1.73 bits per heavy atom. The molecule has 0 rings (SSSR count). The molecule has 1 N–H and O–H groups in total. The van der Waals surface area contributed by atoms with Crippen LogP contribution in [-0.2, 0) is 0 Å². The fraction of sp³-hybridized carbons (Fsp3) is 1.00. The Morgan fingerprint density at radius 2 is 1.27 bits per heavy atom. The Kier molecular flexibility index (Phi) is 8.86. The van der Waals surface area contributed by atoms with Crippen molar-refractivity contribution in [2.24, 2.45) is 0 Å². The smallest absolute Gasteiger partial charge is 0.228 e. The molecule has 0 bridgehead atoms. The lowest BCUT2D eigenvalue weighted by atomic mass is 10.1. The molecule has 0 saturated heterocycles. The lowest BCUT2D eigenvalue weighted by molar-refractivity contribution is -0.156. The lowest BCUT2D eigenvalue weighted by Crippen LogP contribution is -2.32. The van der Waals surface area contributed by atoms with Gasteiger partial charge in [-0.1, -0.05) is 51.9 Å². The van der Waals surface area contributed by atoms with Crippen LogP contribution in [0.15, 0.2) is 0 Å². The summed E-state index contributed by atoms with van der Waals surface area (Å²) < 4.78 is 35.0. The molecule has 0 unspecified atom stereocenters. The van der Waals surface area contributed by atoms with Crippen LogP contribution in [-0.4, -0.2) is 12.8 Å². The summed E-state index contributed by atoms with van der Waals surface area (Å²) in [7, 11) is 0. The van der Waals surface area contributed by atoms with Gasteiger partial charge in [-0.25, -0.2) is 5.32 Å². The topological polar surface area (TPSA) is 12.0 Å². The maximum Gasteiger partial charge on any atom is 0.457 e. The Morgan fingerprint density at radius 1 is 0.800 bits per heavy atom. The standard InChI is InChI=1S/C11H22F3N/c1-2-3-4-5-6-7-8-9-10-15-11(12,13)14/h15H,2-10H2,1H3. The van der Waals surface area contributed by atoms with Gasteiger partial charge in [0.1, 0.15) is 0 Å². The summed E-state index contributed by atoms with van der Waals surface area (Å²) >= 11 is 0. The van der Waals surface area contributed by atoms with Crippen molar-refractivity contribution in [1.29, 1.82) is 0 Å². The molecular formula is C11H22F3N. The highest BCUT2D eigenvalue weighted by atomic mass is 19.4. The largest absolute Gasteiger partial charge is 0.457 e. The summed E-state index contributed by atoms with van der Waals surface area (Å²) in [5, 5.41) is 1.53. The molecule has 4 heteroatoms. The Hall–Kier alpha value is -0.250. The van der Waals surface area contributed by atoms with Gasteiger partial charge in [-0.3, -0.25) is 0 Å². The summed E-state index contributed by atoms with van der Waals surface area (Å²) in [6, 6.07) is 0. The third-order valence-electron chi connectivity index (χ3n) is 2.36. The highest BCUT2D eigenvalue weighted by Crippen LogP contribution is 2.11. The van der Waals surface area contributed by atoms with Crippen LogP contribution in [0.2, 0.25) is 0 Å². The first-order valence-corrected chi connectivity index (χ1v) is 5.88. The van der Waals surface area contributed by atoms with Crippen LogP contribution in [0.1, 0.15) is 58.3 Å². The second-order valence-electron chi connectivity index (χ2n) is 3.90. The van der Waals surface area contributed by atoms with E-state index in [1.165, 1.54) is 31.0 Å². The molecule has 0 aromatic heterocycles. The molecule has 0 spiro atoms. The van der Waals surface area contributed by atoms with Crippen LogP contribution in [0.3, 0.4) is 0 Å². The van der Waals surface area contributed by atoms with Gasteiger partial charge in [0.25, 0.3) is 0 Å². The average Bonchev–Trinajstić information content (AvgIpc) is 2.14. The van der Waals surface area contributed by atoms with Gasteiger partial charge in [-0.15, -0.1) is 0 Å². The van der Waals surface area contributed by atoms with Gasteiger partial charge >= 0.3 is 6.30 Å². The van der Waals surface area contributed by atoms with Gasteiger partial charge in [0.15, 0.2) is 0 Å². The molecule has 15 heavy (non-hydrogen) atoms. The second-order valence-corrected chi connectivity index (χ2v) is 3.90. The number of halogens is 3. The molecule has 0 atom stereocenters. The van der Waals surface area contributed by atoms with E-state index >= 15 is 0 Å². The molecule has 0 aliphatic rings. The van der Waals surface area contributed by atoms with Crippen molar-refractivity contribution < 1.29 is 13.2 Å². The number of alkyl halides is 3. The van der Waals surface area contributed by atoms with Crippen molar-refractivity contribution in [3.8, 4) is 0 Å².